The second-order valence-electron chi connectivity index (χ2n) is 9.27. The number of rotatable bonds is 19. The summed E-state index contributed by atoms with van der Waals surface area (Å²) in [6.07, 6.45) is 17.9. The van der Waals surface area contributed by atoms with Crippen molar-refractivity contribution >= 4 is 5.91 Å². The predicted molar refractivity (Wildman–Crippen MR) is 126 cm³/mol. The maximum Gasteiger partial charge on any atom is 0.219 e. The Morgan fingerprint density at radius 1 is 0.821 bits per heavy atom. The minimum absolute atomic E-state index is 0. The topological polar surface area (TPSA) is 29.1 Å². The molecule has 0 aliphatic carbocycles. The molecule has 0 saturated heterocycles. The number of carbonyl (C=O) groups is 1. The molecule has 170 valence electrons. The summed E-state index contributed by atoms with van der Waals surface area (Å²) in [5.74, 6) is 1.16. The SMILES string of the molecule is CCC(C)CCCCCCCCCCCCC(=O)NCCC[N+](C)(C)CC.[CH3-]. The summed E-state index contributed by atoms with van der Waals surface area (Å²) < 4.78 is 1.04. The van der Waals surface area contributed by atoms with Gasteiger partial charge in [0.2, 0.25) is 5.91 Å². The fourth-order valence-electron chi connectivity index (χ4n) is 3.38. The van der Waals surface area contributed by atoms with E-state index < -0.39 is 0 Å². The molecule has 0 radical (unpaired) electrons. The number of hydrogen-bond acceptors (Lipinski definition) is 1. The molecular formula is C25H54N2O. The van der Waals surface area contributed by atoms with Gasteiger partial charge in [0.05, 0.1) is 27.2 Å². The molecule has 0 aromatic rings. The van der Waals surface area contributed by atoms with Gasteiger partial charge in [0, 0.05) is 19.4 Å². The summed E-state index contributed by atoms with van der Waals surface area (Å²) in [7, 11) is 4.49. The van der Waals surface area contributed by atoms with Crippen molar-refractivity contribution in [3.8, 4) is 0 Å². The van der Waals surface area contributed by atoms with E-state index in [4.69, 9.17) is 0 Å². The Labute approximate surface area is 178 Å². The van der Waals surface area contributed by atoms with Crippen molar-refractivity contribution in [2.45, 2.75) is 111 Å². The van der Waals surface area contributed by atoms with Gasteiger partial charge in [-0.25, -0.2) is 0 Å². The van der Waals surface area contributed by atoms with Crippen LogP contribution >= 0.6 is 0 Å². The molecule has 0 aromatic carbocycles. The highest BCUT2D eigenvalue weighted by Gasteiger charge is 2.10. The summed E-state index contributed by atoms with van der Waals surface area (Å²) in [5.41, 5.74) is 0. The highest BCUT2D eigenvalue weighted by molar-refractivity contribution is 5.75. The van der Waals surface area contributed by atoms with E-state index in [0.717, 1.165) is 42.9 Å². The number of quaternary nitrogens is 1. The third kappa shape index (κ3) is 20.2. The monoisotopic (exact) mass is 398 g/mol. The summed E-state index contributed by atoms with van der Waals surface area (Å²) >= 11 is 0. The van der Waals surface area contributed by atoms with Crippen LogP contribution in [0.2, 0.25) is 0 Å². The van der Waals surface area contributed by atoms with E-state index in [0.29, 0.717) is 6.42 Å². The van der Waals surface area contributed by atoms with Gasteiger partial charge in [0.1, 0.15) is 0 Å². The lowest BCUT2D eigenvalue weighted by Gasteiger charge is -2.28. The molecule has 1 unspecified atom stereocenters. The van der Waals surface area contributed by atoms with Gasteiger partial charge in [-0.2, -0.15) is 0 Å². The van der Waals surface area contributed by atoms with Crippen LogP contribution in [0.4, 0.5) is 0 Å². The number of nitrogens with one attached hydrogen (secondary N) is 1. The van der Waals surface area contributed by atoms with Crippen LogP contribution in [0.25, 0.3) is 0 Å². The maximum atomic E-state index is 11.8. The average molecular weight is 399 g/mol. The molecule has 0 saturated carbocycles. The predicted octanol–water partition coefficient (Wildman–Crippen LogP) is 6.77. The highest BCUT2D eigenvalue weighted by Crippen LogP contribution is 2.15. The van der Waals surface area contributed by atoms with Gasteiger partial charge in [-0.15, -0.1) is 0 Å². The molecule has 28 heavy (non-hydrogen) atoms. The third-order valence-electron chi connectivity index (χ3n) is 6.17. The van der Waals surface area contributed by atoms with Crippen LogP contribution in [0.5, 0.6) is 0 Å². The fourth-order valence-corrected chi connectivity index (χ4v) is 3.38. The second-order valence-corrected chi connectivity index (χ2v) is 9.27. The summed E-state index contributed by atoms with van der Waals surface area (Å²) in [6.45, 7) is 10.00. The van der Waals surface area contributed by atoms with Crippen LogP contribution in [-0.4, -0.2) is 44.1 Å². The number of amides is 1. The number of unbranched alkanes of at least 4 members (excludes halogenated alkanes) is 9. The summed E-state index contributed by atoms with van der Waals surface area (Å²) in [5, 5.41) is 3.08. The zero-order valence-corrected chi connectivity index (χ0v) is 20.5. The van der Waals surface area contributed by atoms with Crippen molar-refractivity contribution in [2.24, 2.45) is 5.92 Å². The van der Waals surface area contributed by atoms with Crippen molar-refractivity contribution in [2.75, 3.05) is 33.7 Å². The van der Waals surface area contributed by atoms with E-state index in [1.807, 2.05) is 0 Å². The Kier molecular flexibility index (Phi) is 20.9. The Bertz CT molecular complexity index is 341. The first-order valence-corrected chi connectivity index (χ1v) is 12.0. The van der Waals surface area contributed by atoms with Gasteiger partial charge in [0.25, 0.3) is 0 Å². The standard InChI is InChI=1S/C24H50N2O.CH3/c1-6-23(3)19-16-14-12-10-8-9-11-13-15-17-20-24(27)25-21-18-22-26(4,5)7-2;/h23H,6-22H2,1-5H3;1H3/q;-1/p+1. The molecule has 1 amide bonds. The molecule has 0 bridgehead atoms. The summed E-state index contributed by atoms with van der Waals surface area (Å²) in [6, 6.07) is 0. The summed E-state index contributed by atoms with van der Waals surface area (Å²) in [4.78, 5) is 11.8. The van der Waals surface area contributed by atoms with E-state index in [-0.39, 0.29) is 13.3 Å². The van der Waals surface area contributed by atoms with E-state index >= 15 is 0 Å². The molecule has 0 fully saturated rings. The van der Waals surface area contributed by atoms with Gasteiger partial charge in [-0.1, -0.05) is 84.5 Å². The molecule has 1 N–H and O–H groups in total. The van der Waals surface area contributed by atoms with Crippen molar-refractivity contribution in [3.05, 3.63) is 7.43 Å². The van der Waals surface area contributed by atoms with Crippen molar-refractivity contribution in [1.29, 1.82) is 0 Å². The minimum Gasteiger partial charge on any atom is -0.358 e. The first-order valence-electron chi connectivity index (χ1n) is 12.0. The third-order valence-corrected chi connectivity index (χ3v) is 6.17. The van der Waals surface area contributed by atoms with Crippen LogP contribution in [-0.2, 0) is 4.79 Å². The van der Waals surface area contributed by atoms with Crippen LogP contribution in [0.3, 0.4) is 0 Å². The molecule has 1 atom stereocenters. The van der Waals surface area contributed by atoms with E-state index in [1.165, 1.54) is 70.6 Å². The molecule has 0 spiro atoms. The highest BCUT2D eigenvalue weighted by atomic mass is 16.1. The zero-order valence-electron chi connectivity index (χ0n) is 20.5. The lowest BCUT2D eigenvalue weighted by Crippen LogP contribution is -2.41. The van der Waals surface area contributed by atoms with Gasteiger partial charge >= 0.3 is 0 Å². The molecule has 3 nitrogen and oxygen atoms in total. The van der Waals surface area contributed by atoms with Gasteiger partial charge < -0.3 is 17.2 Å². The van der Waals surface area contributed by atoms with Gasteiger partial charge in [0.15, 0.2) is 0 Å². The quantitative estimate of drug-likeness (QED) is 0.145. The molecule has 0 aliphatic rings. The Hall–Kier alpha value is -0.570. The lowest BCUT2D eigenvalue weighted by molar-refractivity contribution is -0.888. The first-order chi connectivity index (χ1) is 12.9. The van der Waals surface area contributed by atoms with Crippen LogP contribution < -0.4 is 5.32 Å². The second kappa shape index (κ2) is 19.7. The zero-order chi connectivity index (χ0) is 20.4. The Morgan fingerprint density at radius 2 is 1.32 bits per heavy atom. The van der Waals surface area contributed by atoms with E-state index in [1.54, 1.807) is 0 Å². The van der Waals surface area contributed by atoms with Gasteiger partial charge in [-0.3, -0.25) is 4.79 Å². The average Bonchev–Trinajstić information content (AvgIpc) is 2.65. The van der Waals surface area contributed by atoms with Crippen molar-refractivity contribution in [1.82, 2.24) is 5.32 Å². The van der Waals surface area contributed by atoms with Crippen LogP contribution in [0.1, 0.15) is 111 Å². The van der Waals surface area contributed by atoms with Crippen molar-refractivity contribution < 1.29 is 9.28 Å². The fraction of sp³-hybridized carbons (Fsp3) is 0.920. The first kappa shape index (κ1) is 29.6. The number of carbonyl (C=O) groups excluding carboxylic acids is 1. The lowest BCUT2D eigenvalue weighted by atomic mass is 9.99. The molecule has 0 rings (SSSR count). The van der Waals surface area contributed by atoms with Crippen LogP contribution in [0.15, 0.2) is 0 Å². The molecule has 0 heterocycles. The molecule has 0 aliphatic heterocycles. The Morgan fingerprint density at radius 3 is 1.82 bits per heavy atom. The molecule has 3 heteroatoms. The normalized spacial score (nSPS) is 12.5. The van der Waals surface area contributed by atoms with Crippen molar-refractivity contribution in [3.63, 3.8) is 0 Å². The molecular weight excluding hydrogens is 344 g/mol. The number of hydrogen-bond donors (Lipinski definition) is 1. The van der Waals surface area contributed by atoms with E-state index in [9.17, 15) is 4.79 Å². The minimum atomic E-state index is 0. The van der Waals surface area contributed by atoms with E-state index in [2.05, 4.69) is 40.2 Å². The van der Waals surface area contributed by atoms with Gasteiger partial charge in [-0.05, 0) is 19.3 Å². The molecule has 0 aromatic heterocycles. The largest absolute Gasteiger partial charge is 0.358 e. The smallest absolute Gasteiger partial charge is 0.219 e. The number of nitrogens with zero attached hydrogens (tertiary/aromatic N) is 1. The Balaban J connectivity index is 0. The van der Waals surface area contributed by atoms with Crippen LogP contribution in [0, 0.1) is 13.3 Å². The maximum absolute atomic E-state index is 11.8.